The molecule has 3 rings (SSSR count). The number of guanidine groups is 1. The Balaban J connectivity index is 1.74. The number of aliphatic imine (C=N–C) groups is 1. The van der Waals surface area contributed by atoms with Gasteiger partial charge in [0.05, 0.1) is 16.9 Å². The quantitative estimate of drug-likeness (QED) is 0.463. The molecular weight excluding hydrogens is 392 g/mol. The van der Waals surface area contributed by atoms with Crippen LogP contribution in [-0.4, -0.2) is 27.5 Å². The Morgan fingerprint density at radius 2 is 1.70 bits per heavy atom. The van der Waals surface area contributed by atoms with E-state index in [1.54, 1.807) is 11.3 Å². The van der Waals surface area contributed by atoms with E-state index in [1.165, 1.54) is 22.3 Å². The third-order valence-corrected chi connectivity index (χ3v) is 5.89. The molecule has 0 aliphatic carbocycles. The van der Waals surface area contributed by atoms with Crippen LogP contribution in [0.5, 0.6) is 0 Å². The van der Waals surface area contributed by atoms with Crippen LogP contribution in [0.15, 0.2) is 34.9 Å². The van der Waals surface area contributed by atoms with Crippen molar-refractivity contribution in [2.75, 3.05) is 6.54 Å². The summed E-state index contributed by atoms with van der Waals surface area (Å²) in [4.78, 5) is 18.0. The lowest BCUT2D eigenvalue weighted by atomic mass is 9.93. The van der Waals surface area contributed by atoms with E-state index < -0.39 is 0 Å². The Hall–Kier alpha value is -2.80. The predicted molar refractivity (Wildman–Crippen MR) is 125 cm³/mol. The molecule has 7 heteroatoms. The van der Waals surface area contributed by atoms with E-state index in [-0.39, 0.29) is 11.4 Å². The Kier molecular flexibility index (Phi) is 6.51. The maximum absolute atomic E-state index is 5.42. The van der Waals surface area contributed by atoms with Crippen molar-refractivity contribution in [3.05, 3.63) is 62.9 Å². The van der Waals surface area contributed by atoms with Gasteiger partial charge in [0.1, 0.15) is 11.4 Å². The van der Waals surface area contributed by atoms with E-state index in [2.05, 4.69) is 67.1 Å². The number of hydrogen-bond acceptors (Lipinski definition) is 5. The maximum atomic E-state index is 5.42. The first-order valence-electron chi connectivity index (χ1n) is 10.0. The van der Waals surface area contributed by atoms with Crippen molar-refractivity contribution < 1.29 is 0 Å². The van der Waals surface area contributed by atoms with E-state index in [1.807, 2.05) is 12.4 Å². The number of rotatable bonds is 6. The number of aryl methyl sites for hydroxylation is 2. The van der Waals surface area contributed by atoms with Crippen molar-refractivity contribution in [1.82, 2.24) is 15.0 Å². The molecular formula is C23H30N6S. The van der Waals surface area contributed by atoms with E-state index >= 15 is 0 Å². The first-order valence-corrected chi connectivity index (χ1v) is 10.9. The number of aromatic nitrogens is 3. The molecule has 0 saturated carbocycles. The summed E-state index contributed by atoms with van der Waals surface area (Å²) in [5.74, 6) is 0.137. The van der Waals surface area contributed by atoms with Crippen molar-refractivity contribution in [2.24, 2.45) is 16.5 Å². The summed E-state index contributed by atoms with van der Waals surface area (Å²) in [6.07, 6.45) is 5.30. The third kappa shape index (κ3) is 5.42. The number of thiazole rings is 1. The van der Waals surface area contributed by atoms with E-state index in [0.717, 1.165) is 34.9 Å². The van der Waals surface area contributed by atoms with Crippen LogP contribution in [0.1, 0.15) is 53.7 Å². The molecule has 2 heterocycles. The van der Waals surface area contributed by atoms with Gasteiger partial charge in [0.15, 0.2) is 5.96 Å². The van der Waals surface area contributed by atoms with Gasteiger partial charge in [-0.3, -0.25) is 15.0 Å². The van der Waals surface area contributed by atoms with Crippen molar-refractivity contribution >= 4 is 17.3 Å². The number of benzene rings is 1. The largest absolute Gasteiger partial charge is 0.370 e. The SMILES string of the molecule is Cc1cc(Cc2nc(-c3cnc(C(C)(C)C)cn3)cs2)c(C)cc1CCN=C(N)N. The lowest BCUT2D eigenvalue weighted by molar-refractivity contribution is 0.565. The molecule has 2 aromatic heterocycles. The predicted octanol–water partition coefficient (Wildman–Crippen LogP) is 3.92. The van der Waals surface area contributed by atoms with E-state index in [0.29, 0.717) is 6.54 Å². The van der Waals surface area contributed by atoms with Gasteiger partial charge in [-0.25, -0.2) is 4.98 Å². The minimum Gasteiger partial charge on any atom is -0.370 e. The molecule has 0 spiro atoms. The molecule has 0 bridgehead atoms. The molecule has 0 saturated heterocycles. The Morgan fingerprint density at radius 1 is 1.00 bits per heavy atom. The zero-order valence-electron chi connectivity index (χ0n) is 18.4. The molecule has 0 atom stereocenters. The van der Waals surface area contributed by atoms with Gasteiger partial charge in [-0.05, 0) is 42.5 Å². The zero-order chi connectivity index (χ0) is 21.9. The second-order valence-corrected chi connectivity index (χ2v) is 9.54. The van der Waals surface area contributed by atoms with Crippen molar-refractivity contribution in [3.8, 4) is 11.4 Å². The average Bonchev–Trinajstić information content (AvgIpc) is 3.13. The van der Waals surface area contributed by atoms with Gasteiger partial charge in [0.2, 0.25) is 0 Å². The van der Waals surface area contributed by atoms with Crippen molar-refractivity contribution in [3.63, 3.8) is 0 Å². The lowest BCUT2D eigenvalue weighted by Gasteiger charge is -2.16. The summed E-state index contributed by atoms with van der Waals surface area (Å²) in [7, 11) is 0. The molecule has 0 amide bonds. The second kappa shape index (κ2) is 8.92. The smallest absolute Gasteiger partial charge is 0.185 e. The molecule has 30 heavy (non-hydrogen) atoms. The summed E-state index contributed by atoms with van der Waals surface area (Å²) >= 11 is 1.66. The lowest BCUT2D eigenvalue weighted by Crippen LogP contribution is -2.23. The highest BCUT2D eigenvalue weighted by atomic mass is 32.1. The van der Waals surface area contributed by atoms with Crippen LogP contribution in [-0.2, 0) is 18.3 Å². The fourth-order valence-corrected chi connectivity index (χ4v) is 4.03. The topological polar surface area (TPSA) is 103 Å². The molecule has 0 unspecified atom stereocenters. The van der Waals surface area contributed by atoms with Crippen molar-refractivity contribution in [2.45, 2.75) is 52.9 Å². The highest BCUT2D eigenvalue weighted by Crippen LogP contribution is 2.26. The van der Waals surface area contributed by atoms with Crippen LogP contribution in [0.4, 0.5) is 0 Å². The molecule has 158 valence electrons. The Labute approximate surface area is 182 Å². The summed E-state index contributed by atoms with van der Waals surface area (Å²) in [6.45, 7) is 11.3. The summed E-state index contributed by atoms with van der Waals surface area (Å²) in [5, 5.41) is 3.13. The van der Waals surface area contributed by atoms with Gasteiger partial charge in [-0.1, -0.05) is 32.9 Å². The second-order valence-electron chi connectivity index (χ2n) is 8.60. The molecule has 0 aliphatic rings. The first kappa shape index (κ1) is 21.9. The van der Waals surface area contributed by atoms with Gasteiger partial charge in [-0.15, -0.1) is 11.3 Å². The number of hydrogen-bond donors (Lipinski definition) is 2. The minimum atomic E-state index is -0.0103. The monoisotopic (exact) mass is 422 g/mol. The van der Waals surface area contributed by atoms with Gasteiger partial charge >= 0.3 is 0 Å². The number of nitrogens with zero attached hydrogens (tertiary/aromatic N) is 4. The van der Waals surface area contributed by atoms with Crippen LogP contribution in [0, 0.1) is 13.8 Å². The number of nitrogens with two attached hydrogens (primary N) is 2. The maximum Gasteiger partial charge on any atom is 0.185 e. The first-order chi connectivity index (χ1) is 14.1. The molecule has 1 aromatic carbocycles. The van der Waals surface area contributed by atoms with Gasteiger partial charge in [0, 0.05) is 30.0 Å². The van der Waals surface area contributed by atoms with E-state index in [9.17, 15) is 0 Å². The molecule has 0 radical (unpaired) electrons. The van der Waals surface area contributed by atoms with E-state index in [4.69, 9.17) is 16.5 Å². The Morgan fingerprint density at radius 3 is 2.33 bits per heavy atom. The summed E-state index contributed by atoms with van der Waals surface area (Å²) in [6, 6.07) is 4.48. The van der Waals surface area contributed by atoms with Crippen LogP contribution in [0.2, 0.25) is 0 Å². The fourth-order valence-electron chi connectivity index (χ4n) is 3.22. The molecule has 4 N–H and O–H groups in total. The standard InChI is InChI=1S/C23H30N6S/c1-14-9-17(15(2)8-16(14)6-7-26-22(24)25)10-21-29-19(13-30-21)18-11-28-20(12-27-18)23(3,4)5/h8-9,11-13H,6-7,10H2,1-5H3,(H4,24,25,26). The van der Waals surface area contributed by atoms with Gasteiger partial charge < -0.3 is 11.5 Å². The molecule has 0 fully saturated rings. The van der Waals surface area contributed by atoms with Crippen molar-refractivity contribution in [1.29, 1.82) is 0 Å². The van der Waals surface area contributed by atoms with Crippen LogP contribution in [0.25, 0.3) is 11.4 Å². The minimum absolute atomic E-state index is 0.0103. The Bertz CT molecular complexity index is 1040. The van der Waals surface area contributed by atoms with Crippen LogP contribution < -0.4 is 11.5 Å². The molecule has 0 aliphatic heterocycles. The van der Waals surface area contributed by atoms with Crippen LogP contribution >= 0.6 is 11.3 Å². The highest BCUT2D eigenvalue weighted by Gasteiger charge is 2.16. The van der Waals surface area contributed by atoms with Crippen LogP contribution in [0.3, 0.4) is 0 Å². The van der Waals surface area contributed by atoms with Gasteiger partial charge in [0.25, 0.3) is 0 Å². The normalized spacial score (nSPS) is 11.5. The van der Waals surface area contributed by atoms with Gasteiger partial charge in [-0.2, -0.15) is 0 Å². The molecule has 3 aromatic rings. The summed E-state index contributed by atoms with van der Waals surface area (Å²) < 4.78 is 0. The summed E-state index contributed by atoms with van der Waals surface area (Å²) in [5.41, 5.74) is 18.6. The fraction of sp³-hybridized carbons (Fsp3) is 0.391. The highest BCUT2D eigenvalue weighted by molar-refractivity contribution is 7.10. The zero-order valence-corrected chi connectivity index (χ0v) is 19.2. The average molecular weight is 423 g/mol. The third-order valence-electron chi connectivity index (χ3n) is 5.05. The molecule has 6 nitrogen and oxygen atoms in total.